The molecule has 1 unspecified atom stereocenters. The van der Waals surface area contributed by atoms with Crippen LogP contribution in [0, 0.1) is 0 Å². The smallest absolute Gasteiger partial charge is 0.268 e. The van der Waals surface area contributed by atoms with Gasteiger partial charge in [-0.1, -0.05) is 36.2 Å². The Hall–Kier alpha value is -1.72. The monoisotopic (exact) mass is 299 g/mol. The molecule has 0 radical (unpaired) electrons. The van der Waals surface area contributed by atoms with Crippen molar-refractivity contribution < 1.29 is 4.52 Å². The van der Waals surface area contributed by atoms with E-state index in [0.717, 1.165) is 23.7 Å². The predicted molar refractivity (Wildman–Crippen MR) is 84.3 cm³/mol. The third-order valence-electron chi connectivity index (χ3n) is 3.95. The van der Waals surface area contributed by atoms with Crippen LogP contribution in [0.3, 0.4) is 0 Å². The van der Waals surface area contributed by atoms with E-state index in [4.69, 9.17) is 4.52 Å². The summed E-state index contributed by atoms with van der Waals surface area (Å²) in [4.78, 5) is 5.66. The molecule has 2 aromatic heterocycles. The molecule has 1 aliphatic rings. The topological polar surface area (TPSA) is 51.0 Å². The van der Waals surface area contributed by atoms with Gasteiger partial charge >= 0.3 is 0 Å². The lowest BCUT2D eigenvalue weighted by molar-refractivity contribution is 0.403. The molecule has 1 aliphatic heterocycles. The molecule has 1 aromatic carbocycles. The number of hydrogen-bond donors (Lipinski definition) is 1. The fourth-order valence-electron chi connectivity index (χ4n) is 2.81. The molecule has 0 saturated carbocycles. The van der Waals surface area contributed by atoms with Crippen LogP contribution in [-0.4, -0.2) is 16.7 Å². The molecule has 1 saturated heterocycles. The van der Waals surface area contributed by atoms with Crippen molar-refractivity contribution in [1.82, 2.24) is 15.5 Å². The van der Waals surface area contributed by atoms with Crippen molar-refractivity contribution >= 4 is 21.4 Å². The van der Waals surface area contributed by atoms with Gasteiger partial charge in [0.1, 0.15) is 0 Å². The van der Waals surface area contributed by atoms with Gasteiger partial charge in [-0.25, -0.2) is 0 Å². The summed E-state index contributed by atoms with van der Waals surface area (Å²) < 4.78 is 6.73. The Morgan fingerprint density at radius 1 is 1.19 bits per heavy atom. The molecule has 0 spiro atoms. The van der Waals surface area contributed by atoms with Crippen molar-refractivity contribution in [2.24, 2.45) is 0 Å². The average Bonchev–Trinajstić information content (AvgIpc) is 3.07. The van der Waals surface area contributed by atoms with Gasteiger partial charge in [0.25, 0.3) is 5.89 Å². The highest BCUT2D eigenvalue weighted by molar-refractivity contribution is 7.22. The number of nitrogens with zero attached hydrogens (tertiary/aromatic N) is 2. The Balaban J connectivity index is 1.63. The Morgan fingerprint density at radius 2 is 2.14 bits per heavy atom. The maximum absolute atomic E-state index is 5.48. The summed E-state index contributed by atoms with van der Waals surface area (Å²) in [7, 11) is 0. The van der Waals surface area contributed by atoms with Gasteiger partial charge in [0.2, 0.25) is 0 Å². The van der Waals surface area contributed by atoms with Crippen molar-refractivity contribution in [3.8, 4) is 10.8 Å². The molecular weight excluding hydrogens is 282 g/mol. The van der Waals surface area contributed by atoms with E-state index in [1.54, 1.807) is 11.3 Å². The van der Waals surface area contributed by atoms with Gasteiger partial charge in [0.05, 0.1) is 10.9 Å². The second-order valence-corrected chi connectivity index (χ2v) is 6.55. The first-order valence-corrected chi connectivity index (χ1v) is 8.28. The number of rotatable bonds is 2. The van der Waals surface area contributed by atoms with Gasteiger partial charge in [0, 0.05) is 4.70 Å². The van der Waals surface area contributed by atoms with Gasteiger partial charge in [-0.2, -0.15) is 4.98 Å². The van der Waals surface area contributed by atoms with Gasteiger partial charge in [-0.05, 0) is 36.9 Å². The van der Waals surface area contributed by atoms with E-state index in [1.807, 2.05) is 6.07 Å². The number of benzene rings is 1. The minimum absolute atomic E-state index is 0.236. The van der Waals surface area contributed by atoms with Crippen LogP contribution < -0.4 is 5.32 Å². The number of thiophene rings is 1. The number of aromatic nitrogens is 2. The molecule has 0 bridgehead atoms. The molecule has 21 heavy (non-hydrogen) atoms. The summed E-state index contributed by atoms with van der Waals surface area (Å²) in [5.74, 6) is 1.43. The van der Waals surface area contributed by atoms with Gasteiger partial charge in [-0.15, -0.1) is 11.3 Å². The van der Waals surface area contributed by atoms with Crippen LogP contribution in [0.4, 0.5) is 0 Å². The van der Waals surface area contributed by atoms with Gasteiger partial charge in [0.15, 0.2) is 5.82 Å². The molecule has 1 atom stereocenters. The Kier molecular flexibility index (Phi) is 3.45. The highest BCUT2D eigenvalue weighted by atomic mass is 32.1. The lowest BCUT2D eigenvalue weighted by atomic mass is 10.1. The second kappa shape index (κ2) is 5.58. The molecule has 1 fully saturated rings. The zero-order valence-corrected chi connectivity index (χ0v) is 12.5. The molecule has 1 N–H and O–H groups in total. The van der Waals surface area contributed by atoms with Gasteiger partial charge in [-0.3, -0.25) is 0 Å². The van der Waals surface area contributed by atoms with Crippen molar-refractivity contribution in [2.75, 3.05) is 6.54 Å². The fraction of sp³-hybridized carbons (Fsp3) is 0.375. The number of hydrogen-bond acceptors (Lipinski definition) is 5. The zero-order valence-electron chi connectivity index (χ0n) is 11.7. The van der Waals surface area contributed by atoms with Crippen LogP contribution in [0.1, 0.15) is 37.5 Å². The van der Waals surface area contributed by atoms with E-state index in [-0.39, 0.29) is 6.04 Å². The van der Waals surface area contributed by atoms with Crippen LogP contribution in [0.2, 0.25) is 0 Å². The SMILES string of the molecule is c1ccc2sc(-c3nc(C4CCCCCN4)no3)cc2c1. The van der Waals surface area contributed by atoms with E-state index in [1.165, 1.54) is 29.3 Å². The predicted octanol–water partition coefficient (Wildman–Crippen LogP) is 4.16. The maximum atomic E-state index is 5.48. The fourth-order valence-corrected chi connectivity index (χ4v) is 3.80. The largest absolute Gasteiger partial charge is 0.333 e. The zero-order chi connectivity index (χ0) is 14.1. The van der Waals surface area contributed by atoms with Crippen molar-refractivity contribution in [3.05, 3.63) is 36.2 Å². The van der Waals surface area contributed by atoms with Crippen molar-refractivity contribution in [2.45, 2.75) is 31.7 Å². The van der Waals surface area contributed by atoms with Crippen LogP contribution >= 0.6 is 11.3 Å². The highest BCUT2D eigenvalue weighted by Gasteiger charge is 2.20. The third-order valence-corrected chi connectivity index (χ3v) is 5.05. The van der Waals surface area contributed by atoms with E-state index in [0.29, 0.717) is 5.89 Å². The first-order valence-electron chi connectivity index (χ1n) is 7.46. The first-order chi connectivity index (χ1) is 10.4. The van der Waals surface area contributed by atoms with E-state index >= 15 is 0 Å². The molecular formula is C16H17N3OS. The van der Waals surface area contributed by atoms with Gasteiger partial charge < -0.3 is 9.84 Å². The maximum Gasteiger partial charge on any atom is 0.268 e. The summed E-state index contributed by atoms with van der Waals surface area (Å²) in [6.07, 6.45) is 4.83. The number of nitrogens with one attached hydrogen (secondary N) is 1. The van der Waals surface area contributed by atoms with Crippen molar-refractivity contribution in [3.63, 3.8) is 0 Å². The van der Waals surface area contributed by atoms with E-state index in [2.05, 4.69) is 39.7 Å². The van der Waals surface area contributed by atoms with Crippen LogP contribution in [0.5, 0.6) is 0 Å². The first kappa shape index (κ1) is 13.0. The molecule has 0 aliphatic carbocycles. The van der Waals surface area contributed by atoms with Crippen molar-refractivity contribution in [1.29, 1.82) is 0 Å². The van der Waals surface area contributed by atoms with Crippen LogP contribution in [-0.2, 0) is 0 Å². The molecule has 4 rings (SSSR count). The molecule has 4 nitrogen and oxygen atoms in total. The minimum Gasteiger partial charge on any atom is -0.333 e. The molecule has 0 amide bonds. The van der Waals surface area contributed by atoms with E-state index < -0.39 is 0 Å². The van der Waals surface area contributed by atoms with Crippen LogP contribution in [0.15, 0.2) is 34.9 Å². The minimum atomic E-state index is 0.236. The summed E-state index contributed by atoms with van der Waals surface area (Å²) in [5, 5.41) is 8.92. The molecule has 3 heterocycles. The Bertz CT molecular complexity index is 708. The molecule has 108 valence electrons. The Morgan fingerprint density at radius 3 is 3.10 bits per heavy atom. The molecule has 3 aromatic rings. The summed E-state index contributed by atoms with van der Waals surface area (Å²) in [6.45, 7) is 1.04. The summed E-state index contributed by atoms with van der Waals surface area (Å²) in [5.41, 5.74) is 0. The number of fused-ring (bicyclic) bond motifs is 1. The third kappa shape index (κ3) is 2.59. The standard InChI is InChI=1S/C16H17N3OS/c1-2-7-12(17-9-5-1)15-18-16(20-19-15)14-10-11-6-3-4-8-13(11)21-14/h3-4,6,8,10,12,17H,1-2,5,7,9H2. The lowest BCUT2D eigenvalue weighted by Gasteiger charge is -2.09. The Labute approximate surface area is 127 Å². The summed E-state index contributed by atoms with van der Waals surface area (Å²) >= 11 is 1.70. The lowest BCUT2D eigenvalue weighted by Crippen LogP contribution is -2.21. The normalized spacial score (nSPS) is 19.7. The van der Waals surface area contributed by atoms with E-state index in [9.17, 15) is 0 Å². The average molecular weight is 299 g/mol. The van der Waals surface area contributed by atoms with Crippen LogP contribution in [0.25, 0.3) is 20.9 Å². The quantitative estimate of drug-likeness (QED) is 0.772. The highest BCUT2D eigenvalue weighted by Crippen LogP contribution is 2.33. The second-order valence-electron chi connectivity index (χ2n) is 5.46. The molecule has 5 heteroatoms. The summed E-state index contributed by atoms with van der Waals surface area (Å²) in [6, 6.07) is 10.7.